The Kier molecular flexibility index (Phi) is 6.76. The van der Waals surface area contributed by atoms with E-state index in [2.05, 4.69) is 33.6 Å². The summed E-state index contributed by atoms with van der Waals surface area (Å²) in [5, 5.41) is 6.06. The lowest BCUT2D eigenvalue weighted by Crippen LogP contribution is -2.45. The molecule has 0 unspecified atom stereocenters. The zero-order chi connectivity index (χ0) is 19.3. The molecule has 0 aromatic heterocycles. The van der Waals surface area contributed by atoms with E-state index < -0.39 is 5.82 Å². The lowest BCUT2D eigenvalue weighted by molar-refractivity contribution is -0.119. The molecule has 2 aromatic rings. The molecule has 5 nitrogen and oxygen atoms in total. The molecule has 0 heterocycles. The van der Waals surface area contributed by atoms with Crippen molar-refractivity contribution in [3.63, 3.8) is 0 Å². The van der Waals surface area contributed by atoms with Gasteiger partial charge in [-0.25, -0.2) is 4.39 Å². The minimum absolute atomic E-state index is 0.0186. The monoisotopic (exact) mass is 394 g/mol. The molecule has 2 rings (SSSR count). The van der Waals surface area contributed by atoms with Crippen molar-refractivity contribution in [3.8, 4) is 0 Å². The smallest absolute Gasteiger partial charge is 0.257 e. The number of anilines is 2. The van der Waals surface area contributed by atoms with Crippen LogP contribution in [0.25, 0.3) is 0 Å². The number of thiocarbonyl (C=S) groups is 1. The Morgan fingerprint density at radius 1 is 1.12 bits per heavy atom. The topological polar surface area (TPSA) is 65.2 Å². The summed E-state index contributed by atoms with van der Waals surface area (Å²) in [6, 6.07) is 8.22. The quantitative estimate of drug-likeness (QED) is 0.469. The van der Waals surface area contributed by atoms with Crippen LogP contribution in [0.3, 0.4) is 0 Å². The fourth-order valence-corrected chi connectivity index (χ4v) is 2.88. The number of hydrogen-bond acceptors (Lipinski definition) is 3. The van der Waals surface area contributed by atoms with Gasteiger partial charge in [0.1, 0.15) is 5.82 Å². The summed E-state index contributed by atoms with van der Waals surface area (Å²) in [6.45, 7) is 6.10. The van der Waals surface area contributed by atoms with Crippen molar-refractivity contribution in [1.29, 1.82) is 0 Å². The summed E-state index contributed by atoms with van der Waals surface area (Å²) in [5.41, 5.74) is 9.84. The molecule has 1 amide bonds. The summed E-state index contributed by atoms with van der Waals surface area (Å²) in [6.07, 6.45) is 0. The first-order valence-corrected chi connectivity index (χ1v) is 8.67. The summed E-state index contributed by atoms with van der Waals surface area (Å²) in [4.78, 5) is 12.0. The van der Waals surface area contributed by atoms with Gasteiger partial charge in [-0.2, -0.15) is 0 Å². The minimum Gasteiger partial charge on any atom is -0.376 e. The van der Waals surface area contributed by atoms with E-state index in [1.165, 1.54) is 23.8 Å². The number of carbonyl (C=O) groups is 1. The van der Waals surface area contributed by atoms with Gasteiger partial charge in [0.05, 0.1) is 11.6 Å². The van der Waals surface area contributed by atoms with Gasteiger partial charge in [-0.3, -0.25) is 15.6 Å². The van der Waals surface area contributed by atoms with Gasteiger partial charge in [0, 0.05) is 11.4 Å². The number of hydrogen-bond donors (Lipinski definition) is 4. The third kappa shape index (κ3) is 5.57. The van der Waals surface area contributed by atoms with E-state index in [-0.39, 0.29) is 22.6 Å². The molecular weight excluding hydrogens is 375 g/mol. The Bertz CT molecular complexity index is 821. The summed E-state index contributed by atoms with van der Waals surface area (Å²) in [7, 11) is 0. The number of amides is 1. The van der Waals surface area contributed by atoms with Crippen molar-refractivity contribution in [2.24, 2.45) is 0 Å². The van der Waals surface area contributed by atoms with Crippen LogP contribution in [0.1, 0.15) is 16.7 Å². The summed E-state index contributed by atoms with van der Waals surface area (Å²) < 4.78 is 13.1. The second-order valence-corrected chi connectivity index (χ2v) is 6.70. The van der Waals surface area contributed by atoms with Gasteiger partial charge in [-0.1, -0.05) is 29.3 Å². The first kappa shape index (κ1) is 19.9. The van der Waals surface area contributed by atoms with Crippen molar-refractivity contribution < 1.29 is 9.18 Å². The zero-order valence-corrected chi connectivity index (χ0v) is 16.2. The van der Waals surface area contributed by atoms with Crippen LogP contribution < -0.4 is 21.5 Å². The summed E-state index contributed by atoms with van der Waals surface area (Å²) in [5.74, 6) is -0.803. The summed E-state index contributed by atoms with van der Waals surface area (Å²) >= 11 is 10.8. The zero-order valence-electron chi connectivity index (χ0n) is 14.7. The van der Waals surface area contributed by atoms with Gasteiger partial charge in [-0.05, 0) is 62.3 Å². The molecule has 26 heavy (non-hydrogen) atoms. The average Bonchev–Trinajstić information content (AvgIpc) is 2.55. The number of aryl methyl sites for hydroxylation is 3. The highest BCUT2D eigenvalue weighted by Gasteiger charge is 2.07. The van der Waals surface area contributed by atoms with Crippen molar-refractivity contribution in [1.82, 2.24) is 10.9 Å². The highest BCUT2D eigenvalue weighted by Crippen LogP contribution is 2.21. The van der Waals surface area contributed by atoms with Crippen LogP contribution in [0, 0.1) is 26.6 Å². The van der Waals surface area contributed by atoms with Gasteiger partial charge in [0.2, 0.25) is 0 Å². The molecule has 0 spiro atoms. The van der Waals surface area contributed by atoms with Crippen LogP contribution in [0.2, 0.25) is 5.02 Å². The Morgan fingerprint density at radius 2 is 1.77 bits per heavy atom. The SMILES string of the molecule is Cc1cc(C)c(NCC(=O)NNC(=S)Nc2ccc(F)c(Cl)c2)c(C)c1. The molecule has 0 aliphatic heterocycles. The molecular formula is C18H20ClFN4OS. The Labute approximate surface area is 162 Å². The van der Waals surface area contributed by atoms with Crippen LogP contribution in [0.4, 0.5) is 15.8 Å². The number of hydrazine groups is 1. The highest BCUT2D eigenvalue weighted by molar-refractivity contribution is 7.80. The van der Waals surface area contributed by atoms with E-state index in [0.717, 1.165) is 16.8 Å². The van der Waals surface area contributed by atoms with Crippen LogP contribution in [-0.2, 0) is 4.79 Å². The first-order chi connectivity index (χ1) is 12.3. The maximum atomic E-state index is 13.1. The minimum atomic E-state index is -0.517. The average molecular weight is 395 g/mol. The number of benzene rings is 2. The van der Waals surface area contributed by atoms with Crippen LogP contribution in [-0.4, -0.2) is 17.6 Å². The van der Waals surface area contributed by atoms with E-state index >= 15 is 0 Å². The molecule has 0 aliphatic carbocycles. The van der Waals surface area contributed by atoms with Crippen molar-refractivity contribution in [2.75, 3.05) is 17.2 Å². The molecule has 4 N–H and O–H groups in total. The van der Waals surface area contributed by atoms with Crippen molar-refractivity contribution >= 4 is 46.2 Å². The molecule has 0 radical (unpaired) electrons. The van der Waals surface area contributed by atoms with Gasteiger partial charge in [-0.15, -0.1) is 0 Å². The predicted octanol–water partition coefficient (Wildman–Crippen LogP) is 3.83. The van der Waals surface area contributed by atoms with E-state index in [1.54, 1.807) is 0 Å². The highest BCUT2D eigenvalue weighted by atomic mass is 35.5. The van der Waals surface area contributed by atoms with Gasteiger partial charge >= 0.3 is 0 Å². The van der Waals surface area contributed by atoms with Crippen LogP contribution in [0.15, 0.2) is 30.3 Å². The van der Waals surface area contributed by atoms with E-state index in [9.17, 15) is 9.18 Å². The number of nitrogens with one attached hydrogen (secondary N) is 4. The normalized spacial score (nSPS) is 10.2. The van der Waals surface area contributed by atoms with Crippen molar-refractivity contribution in [2.45, 2.75) is 20.8 Å². The maximum absolute atomic E-state index is 13.1. The van der Waals surface area contributed by atoms with E-state index in [1.807, 2.05) is 20.8 Å². The largest absolute Gasteiger partial charge is 0.376 e. The third-order valence-electron chi connectivity index (χ3n) is 3.60. The molecule has 0 bridgehead atoms. The Morgan fingerprint density at radius 3 is 2.38 bits per heavy atom. The van der Waals surface area contributed by atoms with Crippen molar-refractivity contribution in [3.05, 3.63) is 57.9 Å². The first-order valence-electron chi connectivity index (χ1n) is 7.89. The number of rotatable bonds is 4. The fourth-order valence-electron chi connectivity index (χ4n) is 2.53. The third-order valence-corrected chi connectivity index (χ3v) is 4.09. The lowest BCUT2D eigenvalue weighted by Gasteiger charge is -2.15. The maximum Gasteiger partial charge on any atom is 0.257 e. The van der Waals surface area contributed by atoms with E-state index in [0.29, 0.717) is 5.69 Å². The number of carbonyl (C=O) groups excluding carboxylic acids is 1. The van der Waals surface area contributed by atoms with E-state index in [4.69, 9.17) is 23.8 Å². The lowest BCUT2D eigenvalue weighted by atomic mass is 10.1. The standard InChI is InChI=1S/C18H20ClFN4OS/c1-10-6-11(2)17(12(3)7-10)21-9-16(25)23-24-18(26)22-13-4-5-15(20)14(19)8-13/h4-8,21H,9H2,1-3H3,(H,23,25)(H2,22,24,26). The molecule has 0 saturated heterocycles. The molecule has 2 aromatic carbocycles. The molecule has 0 atom stereocenters. The Balaban J connectivity index is 1.81. The molecule has 138 valence electrons. The second-order valence-electron chi connectivity index (χ2n) is 5.88. The molecule has 0 aliphatic rings. The predicted molar refractivity (Wildman–Crippen MR) is 108 cm³/mol. The molecule has 0 saturated carbocycles. The van der Waals surface area contributed by atoms with Crippen LogP contribution in [0.5, 0.6) is 0 Å². The number of halogens is 2. The second kappa shape index (κ2) is 8.82. The molecule has 0 fully saturated rings. The van der Waals surface area contributed by atoms with Gasteiger partial charge < -0.3 is 10.6 Å². The fraction of sp³-hybridized carbons (Fsp3) is 0.222. The van der Waals surface area contributed by atoms with Gasteiger partial charge in [0.25, 0.3) is 5.91 Å². The van der Waals surface area contributed by atoms with Crippen LogP contribution >= 0.6 is 23.8 Å². The van der Waals surface area contributed by atoms with Gasteiger partial charge in [0.15, 0.2) is 5.11 Å². The Hall–Kier alpha value is -2.38. The molecule has 8 heteroatoms.